The third kappa shape index (κ3) is 5.09. The number of nitrogens with two attached hydrogens (primary N) is 1. The molecule has 2 heterocycles. The number of nitrogens with zero attached hydrogens (tertiary/aromatic N) is 2. The lowest BCUT2D eigenvalue weighted by Gasteiger charge is -2.33. The molecule has 0 bridgehead atoms. The van der Waals surface area contributed by atoms with Crippen molar-refractivity contribution in [1.29, 1.82) is 0 Å². The molecule has 0 radical (unpaired) electrons. The van der Waals surface area contributed by atoms with Crippen LogP contribution in [0.5, 0.6) is 5.88 Å². The van der Waals surface area contributed by atoms with Crippen molar-refractivity contribution >= 4 is 5.91 Å². The summed E-state index contributed by atoms with van der Waals surface area (Å²) in [6.45, 7) is 1.80. The number of carbonyl (C=O) groups is 1. The molecule has 0 saturated carbocycles. The van der Waals surface area contributed by atoms with Gasteiger partial charge in [-0.15, -0.1) is 0 Å². The number of ether oxygens (including phenoxy) is 1. The molecular weight excluding hydrogens is 311 g/mol. The highest BCUT2D eigenvalue weighted by Gasteiger charge is 2.29. The Hall–Kier alpha value is -1.83. The summed E-state index contributed by atoms with van der Waals surface area (Å²) in [5.41, 5.74) is 6.20. The Kier molecular flexibility index (Phi) is 5.46. The average Bonchev–Trinajstić information content (AvgIpc) is 2.52. The van der Waals surface area contributed by atoms with E-state index in [1.54, 1.807) is 4.90 Å². The second kappa shape index (κ2) is 7.16. The van der Waals surface area contributed by atoms with Gasteiger partial charge in [0.2, 0.25) is 5.88 Å². The number of rotatable bonds is 4. The predicted molar refractivity (Wildman–Crippen MR) is 78.1 cm³/mol. The molecule has 0 spiro atoms. The van der Waals surface area contributed by atoms with Crippen LogP contribution in [-0.4, -0.2) is 47.7 Å². The third-order valence-electron chi connectivity index (χ3n) is 3.94. The molecule has 1 fully saturated rings. The minimum absolute atomic E-state index is 0.110. The Morgan fingerprint density at radius 2 is 2.09 bits per heavy atom. The SMILES string of the molecule is CC(N)C1CCN(C(=O)c2ccc(OCC(F)(F)F)nc2)CC1. The van der Waals surface area contributed by atoms with E-state index in [9.17, 15) is 18.0 Å². The molecule has 2 N–H and O–H groups in total. The highest BCUT2D eigenvalue weighted by Crippen LogP contribution is 2.22. The first-order chi connectivity index (χ1) is 10.8. The van der Waals surface area contributed by atoms with E-state index in [0.29, 0.717) is 24.6 Å². The highest BCUT2D eigenvalue weighted by molar-refractivity contribution is 5.94. The van der Waals surface area contributed by atoms with Crippen molar-refractivity contribution in [2.24, 2.45) is 11.7 Å². The number of hydrogen-bond acceptors (Lipinski definition) is 4. The van der Waals surface area contributed by atoms with E-state index in [1.807, 2.05) is 6.92 Å². The average molecular weight is 331 g/mol. The van der Waals surface area contributed by atoms with Gasteiger partial charge in [-0.2, -0.15) is 13.2 Å². The summed E-state index contributed by atoms with van der Waals surface area (Å²) in [7, 11) is 0. The molecule has 1 aromatic heterocycles. The number of likely N-dealkylation sites (tertiary alicyclic amines) is 1. The van der Waals surface area contributed by atoms with Crippen LogP contribution in [-0.2, 0) is 0 Å². The van der Waals surface area contributed by atoms with Crippen LogP contribution in [0.25, 0.3) is 0 Å². The standard InChI is InChI=1S/C15H20F3N3O2/c1-10(19)11-4-6-21(7-5-11)14(22)12-2-3-13(20-8-12)23-9-15(16,17)18/h2-3,8,10-11H,4-7,9,19H2,1H3. The lowest BCUT2D eigenvalue weighted by molar-refractivity contribution is -0.154. The van der Waals surface area contributed by atoms with E-state index < -0.39 is 12.8 Å². The van der Waals surface area contributed by atoms with Crippen LogP contribution >= 0.6 is 0 Å². The van der Waals surface area contributed by atoms with Gasteiger partial charge in [-0.3, -0.25) is 4.79 Å². The number of halogens is 3. The Morgan fingerprint density at radius 3 is 2.57 bits per heavy atom. The van der Waals surface area contributed by atoms with Gasteiger partial charge in [0, 0.05) is 31.4 Å². The molecule has 1 unspecified atom stereocenters. The minimum atomic E-state index is -4.42. The fraction of sp³-hybridized carbons (Fsp3) is 0.600. The van der Waals surface area contributed by atoms with Gasteiger partial charge in [-0.05, 0) is 31.7 Å². The van der Waals surface area contributed by atoms with Crippen LogP contribution in [0.2, 0.25) is 0 Å². The summed E-state index contributed by atoms with van der Waals surface area (Å²) in [5, 5.41) is 0. The van der Waals surface area contributed by atoms with Crippen LogP contribution < -0.4 is 10.5 Å². The van der Waals surface area contributed by atoms with Crippen molar-refractivity contribution in [2.75, 3.05) is 19.7 Å². The molecule has 1 atom stereocenters. The summed E-state index contributed by atoms with van der Waals surface area (Å²) < 4.78 is 40.7. The van der Waals surface area contributed by atoms with Crippen molar-refractivity contribution < 1.29 is 22.7 Å². The van der Waals surface area contributed by atoms with E-state index in [-0.39, 0.29) is 17.8 Å². The maximum absolute atomic E-state index is 12.3. The van der Waals surface area contributed by atoms with Crippen LogP contribution in [0.3, 0.4) is 0 Å². The lowest BCUT2D eigenvalue weighted by atomic mass is 9.91. The topological polar surface area (TPSA) is 68.5 Å². The minimum Gasteiger partial charge on any atom is -0.468 e. The van der Waals surface area contributed by atoms with Crippen LogP contribution in [0.1, 0.15) is 30.1 Å². The van der Waals surface area contributed by atoms with Crippen molar-refractivity contribution in [3.8, 4) is 5.88 Å². The van der Waals surface area contributed by atoms with Gasteiger partial charge < -0.3 is 15.4 Å². The second-order valence-electron chi connectivity index (χ2n) is 5.78. The molecule has 1 aliphatic rings. The second-order valence-corrected chi connectivity index (χ2v) is 5.78. The zero-order chi connectivity index (χ0) is 17.0. The van der Waals surface area contributed by atoms with E-state index in [1.165, 1.54) is 18.3 Å². The Morgan fingerprint density at radius 1 is 1.43 bits per heavy atom. The summed E-state index contributed by atoms with van der Waals surface area (Å²) in [5.74, 6) is 0.0767. The molecule has 0 aromatic carbocycles. The van der Waals surface area contributed by atoms with E-state index in [4.69, 9.17) is 5.73 Å². The maximum Gasteiger partial charge on any atom is 0.422 e. The summed E-state index contributed by atoms with van der Waals surface area (Å²) in [4.78, 5) is 17.8. The first-order valence-corrected chi connectivity index (χ1v) is 7.47. The smallest absolute Gasteiger partial charge is 0.422 e. The Bertz CT molecular complexity index is 524. The molecule has 0 aliphatic carbocycles. The van der Waals surface area contributed by atoms with Gasteiger partial charge in [-0.25, -0.2) is 4.98 Å². The number of hydrogen-bond donors (Lipinski definition) is 1. The molecule has 1 saturated heterocycles. The number of pyridine rings is 1. The molecule has 1 aliphatic heterocycles. The van der Waals surface area contributed by atoms with Crippen molar-refractivity contribution in [3.63, 3.8) is 0 Å². The van der Waals surface area contributed by atoms with Gasteiger partial charge in [0.25, 0.3) is 5.91 Å². The normalized spacial score (nSPS) is 17.9. The summed E-state index contributed by atoms with van der Waals surface area (Å²) in [6.07, 6.45) is -1.47. The molecule has 1 aromatic rings. The molecular formula is C15H20F3N3O2. The largest absolute Gasteiger partial charge is 0.468 e. The fourth-order valence-electron chi connectivity index (χ4n) is 2.56. The number of amides is 1. The van der Waals surface area contributed by atoms with E-state index in [2.05, 4.69) is 9.72 Å². The number of aromatic nitrogens is 1. The molecule has 23 heavy (non-hydrogen) atoms. The van der Waals surface area contributed by atoms with Crippen molar-refractivity contribution in [3.05, 3.63) is 23.9 Å². The highest BCUT2D eigenvalue weighted by atomic mass is 19.4. The van der Waals surface area contributed by atoms with Crippen LogP contribution in [0.4, 0.5) is 13.2 Å². The van der Waals surface area contributed by atoms with Gasteiger partial charge in [-0.1, -0.05) is 0 Å². The molecule has 1 amide bonds. The van der Waals surface area contributed by atoms with Crippen molar-refractivity contribution in [1.82, 2.24) is 9.88 Å². The number of carbonyl (C=O) groups excluding carboxylic acids is 1. The van der Waals surface area contributed by atoms with Gasteiger partial charge in [0.05, 0.1) is 5.56 Å². The van der Waals surface area contributed by atoms with E-state index in [0.717, 1.165) is 12.8 Å². The number of alkyl halides is 3. The van der Waals surface area contributed by atoms with E-state index >= 15 is 0 Å². The quantitative estimate of drug-likeness (QED) is 0.918. The molecule has 5 nitrogen and oxygen atoms in total. The monoisotopic (exact) mass is 331 g/mol. The first-order valence-electron chi connectivity index (χ1n) is 7.47. The Balaban J connectivity index is 1.91. The zero-order valence-electron chi connectivity index (χ0n) is 12.8. The van der Waals surface area contributed by atoms with Gasteiger partial charge >= 0.3 is 6.18 Å². The third-order valence-corrected chi connectivity index (χ3v) is 3.94. The molecule has 8 heteroatoms. The molecule has 2 rings (SSSR count). The lowest BCUT2D eigenvalue weighted by Crippen LogP contribution is -2.42. The summed E-state index contributed by atoms with van der Waals surface area (Å²) in [6, 6.07) is 2.81. The fourth-order valence-corrected chi connectivity index (χ4v) is 2.56. The first kappa shape index (κ1) is 17.5. The predicted octanol–water partition coefficient (Wildman–Crippen LogP) is 2.22. The number of piperidine rings is 1. The van der Waals surface area contributed by atoms with Crippen molar-refractivity contribution in [2.45, 2.75) is 32.0 Å². The van der Waals surface area contributed by atoms with Gasteiger partial charge in [0.15, 0.2) is 6.61 Å². The summed E-state index contributed by atoms with van der Waals surface area (Å²) >= 11 is 0. The van der Waals surface area contributed by atoms with Gasteiger partial charge in [0.1, 0.15) is 0 Å². The van der Waals surface area contributed by atoms with Crippen LogP contribution in [0, 0.1) is 5.92 Å². The maximum atomic E-state index is 12.3. The Labute approximate surface area is 132 Å². The van der Waals surface area contributed by atoms with Crippen LogP contribution in [0.15, 0.2) is 18.3 Å². The zero-order valence-corrected chi connectivity index (χ0v) is 12.8. The molecule has 128 valence electrons.